The molecule has 60 valence electrons. The molecule has 10 heavy (non-hydrogen) atoms. The molecule has 0 rings (SSSR count). The van der Waals surface area contributed by atoms with E-state index in [1.807, 2.05) is 0 Å². The van der Waals surface area contributed by atoms with Crippen LogP contribution in [0.2, 0.25) is 0 Å². The van der Waals surface area contributed by atoms with E-state index >= 15 is 0 Å². The summed E-state index contributed by atoms with van der Waals surface area (Å²) in [5, 5.41) is 0. The summed E-state index contributed by atoms with van der Waals surface area (Å²) in [5.74, 6) is 1.57. The zero-order valence-electron chi connectivity index (χ0n) is 6.55. The van der Waals surface area contributed by atoms with Crippen molar-refractivity contribution in [3.63, 3.8) is 0 Å². The van der Waals surface area contributed by atoms with E-state index < -0.39 is 0 Å². The second-order valence-corrected chi connectivity index (χ2v) is 2.95. The van der Waals surface area contributed by atoms with Gasteiger partial charge >= 0.3 is 0 Å². The molecule has 0 aromatic carbocycles. The van der Waals surface area contributed by atoms with Gasteiger partial charge in [-0.25, -0.2) is 0 Å². The Morgan fingerprint density at radius 2 is 2.20 bits per heavy atom. The third kappa shape index (κ3) is 4.86. The highest BCUT2D eigenvalue weighted by Gasteiger charge is 2.03. The molecule has 0 aromatic heterocycles. The highest BCUT2D eigenvalue weighted by Crippen LogP contribution is 2.13. The van der Waals surface area contributed by atoms with Crippen molar-refractivity contribution in [3.05, 3.63) is 0 Å². The quantitative estimate of drug-likeness (QED) is 0.466. The molecule has 0 aliphatic carbocycles. The number of hydrogen-bond donors (Lipinski definition) is 1. The average Bonchev–Trinajstić information content (AvgIpc) is 1.98. The highest BCUT2D eigenvalue weighted by molar-refractivity contribution is 7.80. The number of rotatable bonds is 6. The molecule has 0 amide bonds. The molecule has 0 aliphatic heterocycles. The number of carbonyl (C=O) groups is 1. The first kappa shape index (κ1) is 10.0. The summed E-state index contributed by atoms with van der Waals surface area (Å²) in [6.45, 7) is 2.16. The van der Waals surface area contributed by atoms with Crippen LogP contribution in [0.3, 0.4) is 0 Å². The summed E-state index contributed by atoms with van der Waals surface area (Å²) in [7, 11) is 0. The lowest BCUT2D eigenvalue weighted by Gasteiger charge is -2.09. The summed E-state index contributed by atoms with van der Waals surface area (Å²) in [6, 6.07) is 0. The van der Waals surface area contributed by atoms with Gasteiger partial charge < -0.3 is 4.79 Å². The van der Waals surface area contributed by atoms with E-state index in [-0.39, 0.29) is 0 Å². The minimum atomic E-state index is 0.651. The standard InChI is InChI=1S/C8H16OS/c1-2-4-8(7-10)5-3-6-9/h6,8,10H,2-5,7H2,1H3. The maximum atomic E-state index is 10.0. The fraction of sp³-hybridized carbons (Fsp3) is 0.875. The lowest BCUT2D eigenvalue weighted by molar-refractivity contribution is -0.108. The molecule has 0 aromatic rings. The van der Waals surface area contributed by atoms with Gasteiger partial charge in [0.25, 0.3) is 0 Å². The molecule has 2 heteroatoms. The largest absolute Gasteiger partial charge is 0.303 e. The smallest absolute Gasteiger partial charge is 0.120 e. The Labute approximate surface area is 68.6 Å². The monoisotopic (exact) mass is 160 g/mol. The van der Waals surface area contributed by atoms with E-state index in [1.165, 1.54) is 12.8 Å². The van der Waals surface area contributed by atoms with Crippen molar-refractivity contribution in [1.29, 1.82) is 0 Å². The third-order valence-corrected chi connectivity index (χ3v) is 2.16. The first-order valence-electron chi connectivity index (χ1n) is 3.89. The van der Waals surface area contributed by atoms with Crippen molar-refractivity contribution in [1.82, 2.24) is 0 Å². The summed E-state index contributed by atoms with van der Waals surface area (Å²) in [6.07, 6.45) is 5.11. The maximum absolute atomic E-state index is 10.0. The first-order chi connectivity index (χ1) is 4.85. The van der Waals surface area contributed by atoms with Gasteiger partial charge in [0.05, 0.1) is 0 Å². The molecule has 0 spiro atoms. The van der Waals surface area contributed by atoms with Gasteiger partial charge in [-0.3, -0.25) is 0 Å². The van der Waals surface area contributed by atoms with E-state index in [4.69, 9.17) is 0 Å². The predicted octanol–water partition coefficient (Wildman–Crippen LogP) is 2.31. The zero-order valence-corrected chi connectivity index (χ0v) is 7.44. The topological polar surface area (TPSA) is 17.1 Å². The van der Waals surface area contributed by atoms with Crippen molar-refractivity contribution in [3.8, 4) is 0 Å². The van der Waals surface area contributed by atoms with Crippen molar-refractivity contribution in [2.75, 3.05) is 5.75 Å². The molecule has 0 radical (unpaired) electrons. The van der Waals surface area contributed by atoms with Gasteiger partial charge in [-0.1, -0.05) is 13.3 Å². The van der Waals surface area contributed by atoms with Crippen LogP contribution in [0.5, 0.6) is 0 Å². The lowest BCUT2D eigenvalue weighted by Crippen LogP contribution is -2.01. The maximum Gasteiger partial charge on any atom is 0.120 e. The Kier molecular flexibility index (Phi) is 7.15. The summed E-state index contributed by atoms with van der Waals surface area (Å²) in [5.41, 5.74) is 0. The van der Waals surface area contributed by atoms with Crippen molar-refractivity contribution in [2.24, 2.45) is 5.92 Å². The van der Waals surface area contributed by atoms with Gasteiger partial charge in [-0.15, -0.1) is 0 Å². The van der Waals surface area contributed by atoms with Gasteiger partial charge in [0, 0.05) is 6.42 Å². The van der Waals surface area contributed by atoms with E-state index in [2.05, 4.69) is 19.6 Å². The molecule has 0 N–H and O–H groups in total. The summed E-state index contributed by atoms with van der Waals surface area (Å²) >= 11 is 4.21. The highest BCUT2D eigenvalue weighted by atomic mass is 32.1. The minimum absolute atomic E-state index is 0.651. The molecular formula is C8H16OS. The van der Waals surface area contributed by atoms with Crippen LogP contribution in [-0.2, 0) is 4.79 Å². The molecule has 0 bridgehead atoms. The number of thiol groups is 1. The van der Waals surface area contributed by atoms with Crippen LogP contribution < -0.4 is 0 Å². The van der Waals surface area contributed by atoms with E-state index in [9.17, 15) is 4.79 Å². The Hall–Kier alpha value is 0.0200. The van der Waals surface area contributed by atoms with Crippen LogP contribution >= 0.6 is 12.6 Å². The molecular weight excluding hydrogens is 144 g/mol. The van der Waals surface area contributed by atoms with Gasteiger partial charge in [-0.2, -0.15) is 12.6 Å². The summed E-state index contributed by atoms with van der Waals surface area (Å²) < 4.78 is 0. The Morgan fingerprint density at radius 1 is 1.50 bits per heavy atom. The summed E-state index contributed by atoms with van der Waals surface area (Å²) in [4.78, 5) is 10.0. The fourth-order valence-corrected chi connectivity index (χ4v) is 1.40. The third-order valence-electron chi connectivity index (χ3n) is 1.65. The normalized spacial score (nSPS) is 13.0. The Morgan fingerprint density at radius 3 is 2.60 bits per heavy atom. The number of hydrogen-bond acceptors (Lipinski definition) is 2. The van der Waals surface area contributed by atoms with E-state index in [0.717, 1.165) is 18.5 Å². The van der Waals surface area contributed by atoms with Crippen molar-refractivity contribution in [2.45, 2.75) is 32.6 Å². The molecule has 0 aliphatic rings. The number of carbonyl (C=O) groups excluding carboxylic acids is 1. The zero-order chi connectivity index (χ0) is 7.82. The van der Waals surface area contributed by atoms with Gasteiger partial charge in [0.2, 0.25) is 0 Å². The van der Waals surface area contributed by atoms with Crippen LogP contribution in [-0.4, -0.2) is 12.0 Å². The second kappa shape index (κ2) is 7.13. The molecule has 1 nitrogen and oxygen atoms in total. The molecule has 0 fully saturated rings. The first-order valence-corrected chi connectivity index (χ1v) is 4.52. The lowest BCUT2D eigenvalue weighted by atomic mass is 10.0. The van der Waals surface area contributed by atoms with Crippen molar-refractivity contribution >= 4 is 18.9 Å². The van der Waals surface area contributed by atoms with Crippen LogP contribution in [0.4, 0.5) is 0 Å². The molecule has 0 saturated carbocycles. The predicted molar refractivity (Wildman–Crippen MR) is 47.5 cm³/mol. The van der Waals surface area contributed by atoms with Crippen LogP contribution in [0.1, 0.15) is 32.6 Å². The number of aldehydes is 1. The molecule has 0 saturated heterocycles. The van der Waals surface area contributed by atoms with Gasteiger partial charge in [0.1, 0.15) is 6.29 Å². The Balaban J connectivity index is 3.29. The van der Waals surface area contributed by atoms with Crippen LogP contribution in [0.15, 0.2) is 0 Å². The Bertz CT molecular complexity index is 83.3. The van der Waals surface area contributed by atoms with E-state index in [1.54, 1.807) is 0 Å². The van der Waals surface area contributed by atoms with Crippen molar-refractivity contribution < 1.29 is 4.79 Å². The van der Waals surface area contributed by atoms with Crippen LogP contribution in [0, 0.1) is 5.92 Å². The van der Waals surface area contributed by atoms with Gasteiger partial charge in [-0.05, 0) is 24.5 Å². The minimum Gasteiger partial charge on any atom is -0.303 e. The average molecular weight is 160 g/mol. The van der Waals surface area contributed by atoms with Crippen LogP contribution in [0.25, 0.3) is 0 Å². The van der Waals surface area contributed by atoms with Gasteiger partial charge in [0.15, 0.2) is 0 Å². The SMILES string of the molecule is CCCC(CS)CCC=O. The molecule has 0 heterocycles. The second-order valence-electron chi connectivity index (χ2n) is 2.58. The molecule has 1 atom stereocenters. The fourth-order valence-electron chi connectivity index (χ4n) is 1.04. The molecule has 1 unspecified atom stereocenters. The van der Waals surface area contributed by atoms with E-state index in [0.29, 0.717) is 12.3 Å².